The number of ketones is 1. The topological polar surface area (TPSA) is 52.6 Å². The van der Waals surface area contributed by atoms with Crippen molar-refractivity contribution in [3.05, 3.63) is 0 Å². The standard InChI is InChI=1S/C16H28O4/c1-5-19-15(18)7-6-13(17)11-20-14-8-12(2)9-16(3,4)10-14/h12,14H,5-11H2,1-4H3. The Bertz CT molecular complexity index is 335. The van der Waals surface area contributed by atoms with Gasteiger partial charge in [0.25, 0.3) is 0 Å². The lowest BCUT2D eigenvalue weighted by Gasteiger charge is -2.38. The van der Waals surface area contributed by atoms with Crippen LogP contribution in [0.5, 0.6) is 0 Å². The maximum Gasteiger partial charge on any atom is 0.306 e. The molecular formula is C16H28O4. The van der Waals surface area contributed by atoms with Gasteiger partial charge in [-0.05, 0) is 37.5 Å². The Balaban J connectivity index is 2.25. The van der Waals surface area contributed by atoms with Crippen LogP contribution in [0.2, 0.25) is 0 Å². The molecule has 2 unspecified atom stereocenters. The van der Waals surface area contributed by atoms with Crippen molar-refractivity contribution in [3.63, 3.8) is 0 Å². The van der Waals surface area contributed by atoms with Crippen molar-refractivity contribution >= 4 is 11.8 Å². The first-order chi connectivity index (χ1) is 9.32. The third kappa shape index (κ3) is 6.51. The van der Waals surface area contributed by atoms with E-state index in [0.717, 1.165) is 12.8 Å². The van der Waals surface area contributed by atoms with Crippen LogP contribution in [0.25, 0.3) is 0 Å². The highest BCUT2D eigenvalue weighted by Gasteiger charge is 2.32. The smallest absolute Gasteiger partial charge is 0.306 e. The van der Waals surface area contributed by atoms with E-state index < -0.39 is 0 Å². The molecule has 0 bridgehead atoms. The third-order valence-corrected chi connectivity index (χ3v) is 3.74. The normalized spacial score (nSPS) is 25.2. The molecule has 0 saturated heterocycles. The van der Waals surface area contributed by atoms with Gasteiger partial charge in [-0.1, -0.05) is 20.8 Å². The van der Waals surface area contributed by atoms with E-state index in [1.165, 1.54) is 6.42 Å². The fourth-order valence-corrected chi connectivity index (χ4v) is 3.14. The van der Waals surface area contributed by atoms with Crippen molar-refractivity contribution in [2.45, 2.75) is 65.9 Å². The summed E-state index contributed by atoms with van der Waals surface area (Å²) in [7, 11) is 0. The number of hydrogen-bond donors (Lipinski definition) is 0. The zero-order valence-corrected chi connectivity index (χ0v) is 13.2. The molecule has 4 heteroatoms. The van der Waals surface area contributed by atoms with Gasteiger partial charge in [0.2, 0.25) is 0 Å². The molecule has 0 aromatic carbocycles. The number of carbonyl (C=O) groups is 2. The van der Waals surface area contributed by atoms with Gasteiger partial charge in [-0.2, -0.15) is 0 Å². The average molecular weight is 284 g/mol. The summed E-state index contributed by atoms with van der Waals surface area (Å²) in [6, 6.07) is 0. The van der Waals surface area contributed by atoms with Crippen molar-refractivity contribution in [2.75, 3.05) is 13.2 Å². The summed E-state index contributed by atoms with van der Waals surface area (Å²) in [5, 5.41) is 0. The second-order valence-corrected chi connectivity index (χ2v) is 6.69. The SMILES string of the molecule is CCOC(=O)CCC(=O)COC1CC(C)CC(C)(C)C1. The molecule has 0 amide bonds. The van der Waals surface area contributed by atoms with Crippen LogP contribution in [-0.4, -0.2) is 31.1 Å². The summed E-state index contributed by atoms with van der Waals surface area (Å²) in [5.41, 5.74) is 0.288. The van der Waals surface area contributed by atoms with Gasteiger partial charge >= 0.3 is 5.97 Å². The Morgan fingerprint density at radius 1 is 1.20 bits per heavy atom. The minimum absolute atomic E-state index is 0.0194. The molecule has 2 atom stereocenters. The zero-order valence-electron chi connectivity index (χ0n) is 13.2. The summed E-state index contributed by atoms with van der Waals surface area (Å²) in [4.78, 5) is 22.9. The second kappa shape index (κ2) is 7.77. The van der Waals surface area contributed by atoms with Crippen LogP contribution in [0.1, 0.15) is 59.8 Å². The van der Waals surface area contributed by atoms with Gasteiger partial charge in [-0.15, -0.1) is 0 Å². The molecule has 1 aliphatic rings. The Kier molecular flexibility index (Phi) is 6.66. The largest absolute Gasteiger partial charge is 0.466 e. The Hall–Kier alpha value is -0.900. The van der Waals surface area contributed by atoms with Crippen LogP contribution < -0.4 is 0 Å². The van der Waals surface area contributed by atoms with Crippen LogP contribution in [0.4, 0.5) is 0 Å². The minimum Gasteiger partial charge on any atom is -0.466 e. The second-order valence-electron chi connectivity index (χ2n) is 6.69. The number of ether oxygens (including phenoxy) is 2. The molecule has 0 aromatic heterocycles. The maximum atomic E-state index is 11.7. The van der Waals surface area contributed by atoms with Gasteiger partial charge in [0.05, 0.1) is 19.1 Å². The first-order valence-corrected chi connectivity index (χ1v) is 7.61. The van der Waals surface area contributed by atoms with E-state index in [4.69, 9.17) is 9.47 Å². The zero-order chi connectivity index (χ0) is 15.2. The summed E-state index contributed by atoms with van der Waals surface area (Å²) < 4.78 is 10.5. The van der Waals surface area contributed by atoms with Crippen molar-refractivity contribution < 1.29 is 19.1 Å². The van der Waals surface area contributed by atoms with Crippen molar-refractivity contribution in [3.8, 4) is 0 Å². The summed E-state index contributed by atoms with van der Waals surface area (Å²) in [6.07, 6.45) is 3.77. The quantitative estimate of drug-likeness (QED) is 0.674. The summed E-state index contributed by atoms with van der Waals surface area (Å²) in [5.74, 6) is 0.306. The molecule has 1 rings (SSSR count). The summed E-state index contributed by atoms with van der Waals surface area (Å²) in [6.45, 7) is 8.98. The molecule has 4 nitrogen and oxygen atoms in total. The van der Waals surface area contributed by atoms with E-state index >= 15 is 0 Å². The predicted molar refractivity (Wildman–Crippen MR) is 77.4 cm³/mol. The molecule has 0 spiro atoms. The van der Waals surface area contributed by atoms with Crippen LogP contribution in [0, 0.1) is 11.3 Å². The number of carbonyl (C=O) groups excluding carboxylic acids is 2. The molecule has 1 aliphatic carbocycles. The van der Waals surface area contributed by atoms with E-state index in [0.29, 0.717) is 12.5 Å². The lowest BCUT2D eigenvalue weighted by molar-refractivity contribution is -0.145. The predicted octanol–water partition coefficient (Wildman–Crippen LogP) is 3.13. The van der Waals surface area contributed by atoms with Gasteiger partial charge in [-0.3, -0.25) is 9.59 Å². The number of Topliss-reactive ketones (excluding diaryl/α,β-unsaturated/α-hetero) is 1. The van der Waals surface area contributed by atoms with E-state index in [1.807, 2.05) is 0 Å². The minimum atomic E-state index is -0.312. The van der Waals surface area contributed by atoms with Gasteiger partial charge in [0.1, 0.15) is 6.61 Å². The Morgan fingerprint density at radius 2 is 1.90 bits per heavy atom. The molecule has 1 saturated carbocycles. The molecule has 0 heterocycles. The summed E-state index contributed by atoms with van der Waals surface area (Å²) >= 11 is 0. The molecule has 20 heavy (non-hydrogen) atoms. The molecule has 0 aromatic rings. The van der Waals surface area contributed by atoms with Gasteiger partial charge < -0.3 is 9.47 Å². The van der Waals surface area contributed by atoms with Crippen molar-refractivity contribution in [1.29, 1.82) is 0 Å². The van der Waals surface area contributed by atoms with Crippen molar-refractivity contribution in [2.24, 2.45) is 11.3 Å². The molecule has 1 fully saturated rings. The van der Waals surface area contributed by atoms with Crippen LogP contribution >= 0.6 is 0 Å². The van der Waals surface area contributed by atoms with Gasteiger partial charge in [0.15, 0.2) is 5.78 Å². The number of hydrogen-bond acceptors (Lipinski definition) is 4. The highest BCUT2D eigenvalue weighted by Crippen LogP contribution is 2.39. The van der Waals surface area contributed by atoms with E-state index in [-0.39, 0.29) is 42.7 Å². The first-order valence-electron chi connectivity index (χ1n) is 7.61. The van der Waals surface area contributed by atoms with E-state index in [1.54, 1.807) is 6.92 Å². The lowest BCUT2D eigenvalue weighted by Crippen LogP contribution is -2.33. The molecular weight excluding hydrogens is 256 g/mol. The average Bonchev–Trinajstić information content (AvgIpc) is 2.32. The van der Waals surface area contributed by atoms with Gasteiger partial charge in [-0.25, -0.2) is 0 Å². The lowest BCUT2D eigenvalue weighted by atomic mass is 9.71. The van der Waals surface area contributed by atoms with E-state index in [2.05, 4.69) is 20.8 Å². The highest BCUT2D eigenvalue weighted by atomic mass is 16.5. The van der Waals surface area contributed by atoms with Crippen LogP contribution in [-0.2, 0) is 19.1 Å². The first kappa shape index (κ1) is 17.2. The highest BCUT2D eigenvalue weighted by molar-refractivity contribution is 5.83. The molecule has 0 aliphatic heterocycles. The number of rotatable bonds is 7. The third-order valence-electron chi connectivity index (χ3n) is 3.74. The fourth-order valence-electron chi connectivity index (χ4n) is 3.14. The molecule has 116 valence electrons. The molecule has 0 radical (unpaired) electrons. The van der Waals surface area contributed by atoms with Crippen LogP contribution in [0.3, 0.4) is 0 Å². The van der Waals surface area contributed by atoms with Crippen LogP contribution in [0.15, 0.2) is 0 Å². The Labute approximate surface area is 122 Å². The Morgan fingerprint density at radius 3 is 2.50 bits per heavy atom. The molecule has 0 N–H and O–H groups in total. The van der Waals surface area contributed by atoms with Crippen molar-refractivity contribution in [1.82, 2.24) is 0 Å². The maximum absolute atomic E-state index is 11.7. The van der Waals surface area contributed by atoms with E-state index in [9.17, 15) is 9.59 Å². The van der Waals surface area contributed by atoms with Gasteiger partial charge in [0, 0.05) is 6.42 Å². The fraction of sp³-hybridized carbons (Fsp3) is 0.875. The monoisotopic (exact) mass is 284 g/mol. The number of esters is 1.